The lowest BCUT2D eigenvalue weighted by atomic mass is 10.1. The van der Waals surface area contributed by atoms with Crippen LogP contribution in [0.3, 0.4) is 0 Å². The lowest BCUT2D eigenvalue weighted by Crippen LogP contribution is -2.29. The number of nitrogens with zero attached hydrogens (tertiary/aromatic N) is 1. The number of aromatic nitrogens is 1. The van der Waals surface area contributed by atoms with Gasteiger partial charge in [-0.3, -0.25) is 14.4 Å². The molecule has 0 atom stereocenters. The Morgan fingerprint density at radius 2 is 1.61 bits per heavy atom. The van der Waals surface area contributed by atoms with Crippen molar-refractivity contribution in [3.63, 3.8) is 0 Å². The van der Waals surface area contributed by atoms with Gasteiger partial charge in [0.25, 0.3) is 11.5 Å². The lowest BCUT2D eigenvalue weighted by Gasteiger charge is -2.10. The highest BCUT2D eigenvalue weighted by atomic mass is 16.2. The van der Waals surface area contributed by atoms with Gasteiger partial charge in [0.1, 0.15) is 5.56 Å². The number of hydrogen-bond donors (Lipinski definition) is 2. The minimum Gasteiger partial charge on any atom is -0.326 e. The second-order valence-electron chi connectivity index (χ2n) is 6.56. The Labute approximate surface area is 162 Å². The highest BCUT2D eigenvalue weighted by Crippen LogP contribution is 2.14. The molecule has 2 N–H and O–H groups in total. The molecule has 0 bridgehead atoms. The van der Waals surface area contributed by atoms with Crippen molar-refractivity contribution in [3.8, 4) is 0 Å². The van der Waals surface area contributed by atoms with Crippen LogP contribution in [0.1, 0.15) is 28.4 Å². The Morgan fingerprint density at radius 1 is 0.929 bits per heavy atom. The van der Waals surface area contributed by atoms with Crippen LogP contribution in [0.4, 0.5) is 11.4 Å². The van der Waals surface area contributed by atoms with E-state index in [4.69, 9.17) is 0 Å². The molecule has 0 unspecified atom stereocenters. The molecular formula is C22H21N3O3. The van der Waals surface area contributed by atoms with E-state index in [0.29, 0.717) is 17.9 Å². The van der Waals surface area contributed by atoms with Crippen molar-refractivity contribution in [3.05, 3.63) is 93.9 Å². The number of carbonyl (C=O) groups excluding carboxylic acids is 2. The summed E-state index contributed by atoms with van der Waals surface area (Å²) in [7, 11) is 0. The van der Waals surface area contributed by atoms with Gasteiger partial charge >= 0.3 is 0 Å². The normalized spacial score (nSPS) is 10.4. The van der Waals surface area contributed by atoms with Crippen LogP contribution in [-0.2, 0) is 11.3 Å². The van der Waals surface area contributed by atoms with Crippen molar-refractivity contribution < 1.29 is 9.59 Å². The Balaban J connectivity index is 1.77. The van der Waals surface area contributed by atoms with E-state index in [1.807, 2.05) is 31.2 Å². The second-order valence-corrected chi connectivity index (χ2v) is 6.56. The van der Waals surface area contributed by atoms with E-state index in [1.165, 1.54) is 17.6 Å². The molecule has 6 heteroatoms. The molecule has 3 rings (SSSR count). The van der Waals surface area contributed by atoms with Crippen LogP contribution >= 0.6 is 0 Å². The van der Waals surface area contributed by atoms with Crippen molar-refractivity contribution >= 4 is 23.2 Å². The van der Waals surface area contributed by atoms with Crippen molar-refractivity contribution in [2.45, 2.75) is 20.4 Å². The molecule has 0 saturated heterocycles. The number of carbonyl (C=O) groups is 2. The molecular weight excluding hydrogens is 354 g/mol. The molecule has 6 nitrogen and oxygen atoms in total. The van der Waals surface area contributed by atoms with Gasteiger partial charge in [0.2, 0.25) is 5.91 Å². The zero-order valence-corrected chi connectivity index (χ0v) is 15.7. The Bertz CT molecular complexity index is 1070. The molecule has 1 aromatic heterocycles. The molecule has 2 aromatic carbocycles. The smallest absolute Gasteiger partial charge is 0.263 e. The molecule has 0 aliphatic carbocycles. The predicted octanol–water partition coefficient (Wildman–Crippen LogP) is 3.42. The van der Waals surface area contributed by atoms with Crippen LogP contribution in [0.15, 0.2) is 71.7 Å². The predicted molar refractivity (Wildman–Crippen MR) is 110 cm³/mol. The molecule has 2 amide bonds. The summed E-state index contributed by atoms with van der Waals surface area (Å²) in [6.07, 6.45) is 1.67. The molecule has 0 spiro atoms. The molecule has 1 heterocycles. The maximum Gasteiger partial charge on any atom is 0.263 e. The SMILES string of the molecule is CC(=O)Nc1ccc(NC(=O)c2cccn(Cc3cccc(C)c3)c2=O)cc1. The first-order valence-corrected chi connectivity index (χ1v) is 8.86. The molecule has 0 saturated carbocycles. The maximum absolute atomic E-state index is 12.7. The van der Waals surface area contributed by atoms with Crippen LogP contribution in [-0.4, -0.2) is 16.4 Å². The van der Waals surface area contributed by atoms with Crippen molar-refractivity contribution in [1.29, 1.82) is 0 Å². The summed E-state index contributed by atoms with van der Waals surface area (Å²) < 4.78 is 1.52. The van der Waals surface area contributed by atoms with E-state index < -0.39 is 5.91 Å². The van der Waals surface area contributed by atoms with Crippen LogP contribution in [0.25, 0.3) is 0 Å². The Kier molecular flexibility index (Phi) is 5.69. The van der Waals surface area contributed by atoms with Gasteiger partial charge in [0.15, 0.2) is 0 Å². The molecule has 0 radical (unpaired) electrons. The number of hydrogen-bond acceptors (Lipinski definition) is 3. The van der Waals surface area contributed by atoms with Gasteiger partial charge < -0.3 is 15.2 Å². The van der Waals surface area contributed by atoms with Gasteiger partial charge in [-0.2, -0.15) is 0 Å². The fourth-order valence-electron chi connectivity index (χ4n) is 2.88. The first kappa shape index (κ1) is 19.1. The second kappa shape index (κ2) is 8.35. The summed E-state index contributed by atoms with van der Waals surface area (Å²) in [6.45, 7) is 3.81. The average Bonchev–Trinajstić information content (AvgIpc) is 2.64. The van der Waals surface area contributed by atoms with Gasteiger partial charge in [0, 0.05) is 24.5 Å². The molecule has 142 valence electrons. The number of anilines is 2. The monoisotopic (exact) mass is 375 g/mol. The highest BCUT2D eigenvalue weighted by Gasteiger charge is 2.13. The molecule has 0 fully saturated rings. The third-order valence-corrected chi connectivity index (χ3v) is 4.16. The molecule has 3 aromatic rings. The van der Waals surface area contributed by atoms with E-state index in [9.17, 15) is 14.4 Å². The third-order valence-electron chi connectivity index (χ3n) is 4.16. The summed E-state index contributed by atoms with van der Waals surface area (Å²) in [4.78, 5) is 36.3. The summed E-state index contributed by atoms with van der Waals surface area (Å²) in [5.41, 5.74) is 2.99. The largest absolute Gasteiger partial charge is 0.326 e. The van der Waals surface area contributed by atoms with Crippen molar-refractivity contribution in [2.75, 3.05) is 10.6 Å². The number of nitrogens with one attached hydrogen (secondary N) is 2. The van der Waals surface area contributed by atoms with E-state index in [1.54, 1.807) is 36.5 Å². The average molecular weight is 375 g/mol. The minimum absolute atomic E-state index is 0.0705. The van der Waals surface area contributed by atoms with E-state index in [-0.39, 0.29) is 17.0 Å². The van der Waals surface area contributed by atoms with E-state index in [2.05, 4.69) is 10.6 Å². The lowest BCUT2D eigenvalue weighted by molar-refractivity contribution is -0.114. The molecule has 0 aliphatic heterocycles. The fourth-order valence-corrected chi connectivity index (χ4v) is 2.88. The van der Waals surface area contributed by atoms with Gasteiger partial charge in [-0.25, -0.2) is 0 Å². The standard InChI is InChI=1S/C22H21N3O3/c1-15-5-3-6-17(13-15)14-25-12-4-7-20(22(25)28)21(27)24-19-10-8-18(9-11-19)23-16(2)26/h3-13H,14H2,1-2H3,(H,23,26)(H,24,27). The van der Waals surface area contributed by atoms with Gasteiger partial charge in [-0.1, -0.05) is 29.8 Å². The van der Waals surface area contributed by atoms with E-state index >= 15 is 0 Å². The third kappa shape index (κ3) is 4.73. The summed E-state index contributed by atoms with van der Waals surface area (Å²) in [5, 5.41) is 5.37. The van der Waals surface area contributed by atoms with Crippen LogP contribution in [0, 0.1) is 6.92 Å². The first-order valence-electron chi connectivity index (χ1n) is 8.86. The fraction of sp³-hybridized carbons (Fsp3) is 0.136. The van der Waals surface area contributed by atoms with Gasteiger partial charge in [-0.05, 0) is 48.9 Å². The quantitative estimate of drug-likeness (QED) is 0.717. The zero-order valence-electron chi connectivity index (χ0n) is 15.7. The number of rotatable bonds is 5. The number of aryl methyl sites for hydroxylation is 1. The summed E-state index contributed by atoms with van der Waals surface area (Å²) in [5.74, 6) is -0.647. The Morgan fingerprint density at radius 3 is 2.25 bits per heavy atom. The van der Waals surface area contributed by atoms with Crippen LogP contribution in [0.5, 0.6) is 0 Å². The minimum atomic E-state index is -0.476. The van der Waals surface area contributed by atoms with Crippen LogP contribution in [0.2, 0.25) is 0 Å². The topological polar surface area (TPSA) is 80.2 Å². The van der Waals surface area contributed by atoms with Gasteiger partial charge in [0.05, 0.1) is 6.54 Å². The van der Waals surface area contributed by atoms with Crippen LogP contribution < -0.4 is 16.2 Å². The Hall–Kier alpha value is -3.67. The maximum atomic E-state index is 12.7. The summed E-state index contributed by atoms with van der Waals surface area (Å²) >= 11 is 0. The van der Waals surface area contributed by atoms with E-state index in [0.717, 1.165) is 11.1 Å². The number of pyridine rings is 1. The highest BCUT2D eigenvalue weighted by molar-refractivity contribution is 6.04. The van der Waals surface area contributed by atoms with Crippen molar-refractivity contribution in [1.82, 2.24) is 4.57 Å². The number of amides is 2. The van der Waals surface area contributed by atoms with Crippen molar-refractivity contribution in [2.24, 2.45) is 0 Å². The first-order chi connectivity index (χ1) is 13.4. The molecule has 28 heavy (non-hydrogen) atoms. The zero-order chi connectivity index (χ0) is 20.1. The van der Waals surface area contributed by atoms with Gasteiger partial charge in [-0.15, -0.1) is 0 Å². The number of benzene rings is 2. The summed E-state index contributed by atoms with van der Waals surface area (Å²) in [6, 6.07) is 17.8. The molecule has 0 aliphatic rings.